The second-order valence-corrected chi connectivity index (χ2v) is 6.58. The second-order valence-electron chi connectivity index (χ2n) is 6.58. The van der Waals surface area contributed by atoms with E-state index in [0.717, 1.165) is 30.6 Å². The van der Waals surface area contributed by atoms with E-state index in [1.807, 2.05) is 17.0 Å². The lowest BCUT2D eigenvalue weighted by molar-refractivity contribution is -0.120. The minimum Gasteiger partial charge on any atom is -0.324 e. The Labute approximate surface area is 120 Å². The predicted molar refractivity (Wildman–Crippen MR) is 79.3 cm³/mol. The average Bonchev–Trinajstić information content (AvgIpc) is 3.02. The Hall–Kier alpha value is -1.35. The molecule has 1 heterocycles. The number of anilines is 1. The Balaban J connectivity index is 1.64. The molecule has 3 heteroatoms. The first kappa shape index (κ1) is 12.4. The van der Waals surface area contributed by atoms with E-state index < -0.39 is 0 Å². The van der Waals surface area contributed by atoms with Crippen LogP contribution in [0.4, 0.5) is 5.69 Å². The van der Waals surface area contributed by atoms with Crippen molar-refractivity contribution in [3.8, 4) is 0 Å². The van der Waals surface area contributed by atoms with Gasteiger partial charge in [0.1, 0.15) is 0 Å². The van der Waals surface area contributed by atoms with Crippen molar-refractivity contribution in [2.24, 2.45) is 23.5 Å². The maximum atomic E-state index is 12.9. The number of para-hydroxylation sites is 1. The van der Waals surface area contributed by atoms with Gasteiger partial charge < -0.3 is 10.6 Å². The molecule has 3 atom stereocenters. The lowest BCUT2D eigenvalue weighted by Crippen LogP contribution is -2.34. The van der Waals surface area contributed by atoms with Crippen LogP contribution in [0.2, 0.25) is 0 Å². The molecule has 4 rings (SSSR count). The van der Waals surface area contributed by atoms with Crippen molar-refractivity contribution in [1.29, 1.82) is 0 Å². The SMILES string of the molecule is NC1CCCN(C(=O)C2C3CCCC32)c2ccccc21. The Morgan fingerprint density at radius 3 is 2.65 bits per heavy atom. The van der Waals surface area contributed by atoms with Gasteiger partial charge in [0.05, 0.1) is 0 Å². The van der Waals surface area contributed by atoms with Crippen LogP contribution in [0.1, 0.15) is 43.7 Å². The van der Waals surface area contributed by atoms with Crippen LogP contribution < -0.4 is 10.6 Å². The summed E-state index contributed by atoms with van der Waals surface area (Å²) in [6.45, 7) is 0.833. The zero-order chi connectivity index (χ0) is 13.7. The van der Waals surface area contributed by atoms with Crippen LogP contribution >= 0.6 is 0 Å². The van der Waals surface area contributed by atoms with Crippen molar-refractivity contribution in [3.05, 3.63) is 29.8 Å². The topological polar surface area (TPSA) is 46.3 Å². The first-order chi connectivity index (χ1) is 9.77. The fourth-order valence-corrected chi connectivity index (χ4v) is 4.39. The van der Waals surface area contributed by atoms with Gasteiger partial charge in [0.15, 0.2) is 0 Å². The highest BCUT2D eigenvalue weighted by Crippen LogP contribution is 2.58. The van der Waals surface area contributed by atoms with E-state index in [-0.39, 0.29) is 6.04 Å². The van der Waals surface area contributed by atoms with Crippen LogP contribution in [-0.2, 0) is 4.79 Å². The molecule has 3 unspecified atom stereocenters. The second kappa shape index (κ2) is 4.59. The summed E-state index contributed by atoms with van der Waals surface area (Å²) in [6, 6.07) is 8.27. The molecule has 0 aromatic heterocycles. The van der Waals surface area contributed by atoms with Crippen molar-refractivity contribution < 1.29 is 4.79 Å². The summed E-state index contributed by atoms with van der Waals surface area (Å²) < 4.78 is 0. The molecule has 1 amide bonds. The number of hydrogen-bond acceptors (Lipinski definition) is 2. The minimum atomic E-state index is 0.0719. The Bertz CT molecular complexity index is 532. The molecule has 2 N–H and O–H groups in total. The molecule has 0 spiro atoms. The van der Waals surface area contributed by atoms with Crippen molar-refractivity contribution in [2.45, 2.75) is 38.1 Å². The van der Waals surface area contributed by atoms with Crippen molar-refractivity contribution in [3.63, 3.8) is 0 Å². The van der Waals surface area contributed by atoms with E-state index in [4.69, 9.17) is 5.73 Å². The van der Waals surface area contributed by atoms with Gasteiger partial charge in [-0.05, 0) is 49.1 Å². The fraction of sp³-hybridized carbons (Fsp3) is 0.588. The molecular formula is C17H22N2O. The van der Waals surface area contributed by atoms with E-state index in [1.54, 1.807) is 0 Å². The van der Waals surface area contributed by atoms with Crippen LogP contribution in [0.5, 0.6) is 0 Å². The maximum Gasteiger partial charge on any atom is 0.230 e. The van der Waals surface area contributed by atoms with Gasteiger partial charge in [-0.3, -0.25) is 4.79 Å². The fourth-order valence-electron chi connectivity index (χ4n) is 4.39. The van der Waals surface area contributed by atoms with E-state index in [9.17, 15) is 4.79 Å². The number of amides is 1. The summed E-state index contributed by atoms with van der Waals surface area (Å²) in [5.41, 5.74) is 8.46. The highest BCUT2D eigenvalue weighted by atomic mass is 16.2. The molecule has 0 radical (unpaired) electrons. The third kappa shape index (κ3) is 1.80. The smallest absolute Gasteiger partial charge is 0.230 e. The number of carbonyl (C=O) groups excluding carboxylic acids is 1. The molecule has 106 valence electrons. The van der Waals surface area contributed by atoms with Crippen molar-refractivity contribution in [1.82, 2.24) is 0 Å². The lowest BCUT2D eigenvalue weighted by atomic mass is 10.0. The summed E-state index contributed by atoms with van der Waals surface area (Å²) in [4.78, 5) is 14.9. The monoisotopic (exact) mass is 270 g/mol. The number of carbonyl (C=O) groups is 1. The van der Waals surface area contributed by atoms with Crippen LogP contribution in [0.25, 0.3) is 0 Å². The van der Waals surface area contributed by atoms with Gasteiger partial charge in [-0.1, -0.05) is 24.6 Å². The number of rotatable bonds is 1. The molecular weight excluding hydrogens is 248 g/mol. The first-order valence-corrected chi connectivity index (χ1v) is 7.93. The number of nitrogens with two attached hydrogens (primary N) is 1. The standard InChI is InChI=1S/C17H22N2O/c18-14-8-4-10-19(15-9-2-1-5-13(14)15)17(20)16-11-6-3-7-12(11)16/h1-2,5,9,11-12,14,16H,3-4,6-8,10,18H2. The number of nitrogens with zero attached hydrogens (tertiary/aromatic N) is 1. The molecule has 2 saturated carbocycles. The predicted octanol–water partition coefficient (Wildman–Crippen LogP) is 2.86. The molecule has 1 aliphatic heterocycles. The molecule has 2 aliphatic carbocycles. The van der Waals surface area contributed by atoms with Gasteiger partial charge in [-0.2, -0.15) is 0 Å². The molecule has 20 heavy (non-hydrogen) atoms. The number of benzene rings is 1. The van der Waals surface area contributed by atoms with Crippen LogP contribution in [-0.4, -0.2) is 12.5 Å². The molecule has 0 bridgehead atoms. The van der Waals surface area contributed by atoms with Gasteiger partial charge in [0, 0.05) is 24.2 Å². The normalized spacial score (nSPS) is 35.1. The van der Waals surface area contributed by atoms with Gasteiger partial charge in [-0.15, -0.1) is 0 Å². The lowest BCUT2D eigenvalue weighted by Gasteiger charge is -2.24. The zero-order valence-corrected chi connectivity index (χ0v) is 11.8. The van der Waals surface area contributed by atoms with E-state index in [2.05, 4.69) is 12.1 Å². The highest BCUT2D eigenvalue weighted by molar-refractivity contribution is 5.98. The third-order valence-electron chi connectivity index (χ3n) is 5.48. The summed E-state index contributed by atoms with van der Waals surface area (Å²) in [5, 5.41) is 0. The zero-order valence-electron chi connectivity index (χ0n) is 11.8. The van der Waals surface area contributed by atoms with Crippen LogP contribution in [0.15, 0.2) is 24.3 Å². The largest absolute Gasteiger partial charge is 0.324 e. The van der Waals surface area contributed by atoms with E-state index in [0.29, 0.717) is 23.7 Å². The van der Waals surface area contributed by atoms with Crippen molar-refractivity contribution >= 4 is 11.6 Å². The average molecular weight is 270 g/mol. The van der Waals surface area contributed by atoms with Gasteiger partial charge in [-0.25, -0.2) is 0 Å². The molecule has 2 fully saturated rings. The molecule has 1 aromatic carbocycles. The van der Waals surface area contributed by atoms with E-state index in [1.165, 1.54) is 19.3 Å². The highest BCUT2D eigenvalue weighted by Gasteiger charge is 2.57. The quantitative estimate of drug-likeness (QED) is 0.853. The summed E-state index contributed by atoms with van der Waals surface area (Å²) in [6.07, 6.45) is 5.81. The third-order valence-corrected chi connectivity index (χ3v) is 5.48. The number of fused-ring (bicyclic) bond motifs is 2. The van der Waals surface area contributed by atoms with Crippen LogP contribution in [0, 0.1) is 17.8 Å². The summed E-state index contributed by atoms with van der Waals surface area (Å²) in [7, 11) is 0. The molecule has 0 saturated heterocycles. The minimum absolute atomic E-state index is 0.0719. The molecule has 3 nitrogen and oxygen atoms in total. The molecule has 1 aromatic rings. The van der Waals surface area contributed by atoms with Gasteiger partial charge in [0.2, 0.25) is 5.91 Å². The Morgan fingerprint density at radius 2 is 1.85 bits per heavy atom. The number of hydrogen-bond donors (Lipinski definition) is 1. The molecule has 3 aliphatic rings. The Morgan fingerprint density at radius 1 is 1.10 bits per heavy atom. The van der Waals surface area contributed by atoms with Crippen LogP contribution in [0.3, 0.4) is 0 Å². The first-order valence-electron chi connectivity index (χ1n) is 7.93. The van der Waals surface area contributed by atoms with Gasteiger partial charge >= 0.3 is 0 Å². The maximum absolute atomic E-state index is 12.9. The Kier molecular flexibility index (Phi) is 2.84. The van der Waals surface area contributed by atoms with Crippen molar-refractivity contribution in [2.75, 3.05) is 11.4 Å². The summed E-state index contributed by atoms with van der Waals surface area (Å²) >= 11 is 0. The van der Waals surface area contributed by atoms with Gasteiger partial charge in [0.25, 0.3) is 0 Å². The van der Waals surface area contributed by atoms with E-state index >= 15 is 0 Å². The summed E-state index contributed by atoms with van der Waals surface area (Å²) in [5.74, 6) is 2.05.